The number of fused-ring (bicyclic) bond motifs is 1. The standard InChI is InChI=1S/C16H27N5O3/c1-23-9-7-21-11-19-20-15(21)4-5-18-16(22)12-2-3-14-13(10-12)17-6-8-24-14/h11-14,17H,2-10H2,1H3,(H,18,22)/t12-,13+,14+/m0/s1. The average Bonchev–Trinajstić information content (AvgIpc) is 3.06. The van der Waals surface area contributed by atoms with Crippen molar-refractivity contribution >= 4 is 5.91 Å². The number of amides is 1. The van der Waals surface area contributed by atoms with Gasteiger partial charge in [0.25, 0.3) is 0 Å². The Hall–Kier alpha value is -1.51. The largest absolute Gasteiger partial charge is 0.383 e. The van der Waals surface area contributed by atoms with Crippen LogP contribution in [0.25, 0.3) is 0 Å². The second-order valence-electron chi connectivity index (χ2n) is 6.45. The number of aromatic nitrogens is 3. The highest BCUT2D eigenvalue weighted by Gasteiger charge is 2.35. The zero-order valence-corrected chi connectivity index (χ0v) is 14.2. The Balaban J connectivity index is 1.42. The highest BCUT2D eigenvalue weighted by molar-refractivity contribution is 5.78. The summed E-state index contributed by atoms with van der Waals surface area (Å²) in [6.45, 7) is 3.59. The summed E-state index contributed by atoms with van der Waals surface area (Å²) in [6, 6.07) is 0.320. The molecule has 1 amide bonds. The number of nitrogens with zero attached hydrogens (tertiary/aromatic N) is 3. The number of carbonyl (C=O) groups is 1. The molecule has 0 unspecified atom stereocenters. The second kappa shape index (κ2) is 8.55. The Morgan fingerprint density at radius 1 is 1.54 bits per heavy atom. The quantitative estimate of drug-likeness (QED) is 0.712. The van der Waals surface area contributed by atoms with Crippen LogP contribution >= 0.6 is 0 Å². The van der Waals surface area contributed by atoms with Gasteiger partial charge in [-0.25, -0.2) is 0 Å². The van der Waals surface area contributed by atoms with E-state index >= 15 is 0 Å². The van der Waals surface area contributed by atoms with E-state index in [1.807, 2.05) is 4.57 Å². The number of morpholine rings is 1. The number of hydrogen-bond donors (Lipinski definition) is 2. The zero-order chi connectivity index (χ0) is 16.8. The monoisotopic (exact) mass is 337 g/mol. The molecular formula is C16H27N5O3. The van der Waals surface area contributed by atoms with Gasteiger partial charge >= 0.3 is 0 Å². The first-order chi connectivity index (χ1) is 11.8. The lowest BCUT2D eigenvalue weighted by molar-refractivity contribution is -0.128. The van der Waals surface area contributed by atoms with E-state index in [4.69, 9.17) is 9.47 Å². The summed E-state index contributed by atoms with van der Waals surface area (Å²) >= 11 is 0. The fourth-order valence-corrected chi connectivity index (χ4v) is 3.54. The molecule has 2 aliphatic rings. The van der Waals surface area contributed by atoms with Crippen molar-refractivity contribution in [3.8, 4) is 0 Å². The smallest absolute Gasteiger partial charge is 0.223 e. The summed E-state index contributed by atoms with van der Waals surface area (Å²) < 4.78 is 12.8. The SMILES string of the molecule is COCCn1cnnc1CCNC(=O)[C@H]1CC[C@H]2OCCN[C@@H]2C1. The summed E-state index contributed by atoms with van der Waals surface area (Å²) in [6.07, 6.45) is 5.38. The van der Waals surface area contributed by atoms with Crippen LogP contribution in [0.5, 0.6) is 0 Å². The van der Waals surface area contributed by atoms with Crippen LogP contribution < -0.4 is 10.6 Å². The lowest BCUT2D eigenvalue weighted by Gasteiger charge is -2.39. The molecule has 1 aromatic heterocycles. The van der Waals surface area contributed by atoms with Crippen LogP contribution in [-0.4, -0.2) is 66.2 Å². The van der Waals surface area contributed by atoms with Gasteiger partial charge < -0.3 is 24.7 Å². The van der Waals surface area contributed by atoms with E-state index in [1.165, 1.54) is 0 Å². The molecule has 1 aromatic rings. The minimum absolute atomic E-state index is 0.0758. The first kappa shape index (κ1) is 17.3. The van der Waals surface area contributed by atoms with Crippen molar-refractivity contribution in [1.29, 1.82) is 0 Å². The maximum atomic E-state index is 12.4. The van der Waals surface area contributed by atoms with E-state index in [2.05, 4.69) is 20.8 Å². The summed E-state index contributed by atoms with van der Waals surface area (Å²) in [5.41, 5.74) is 0. The van der Waals surface area contributed by atoms with E-state index in [9.17, 15) is 4.79 Å². The zero-order valence-electron chi connectivity index (χ0n) is 14.2. The van der Waals surface area contributed by atoms with Gasteiger partial charge in [-0.1, -0.05) is 0 Å². The number of ether oxygens (including phenoxy) is 2. The van der Waals surface area contributed by atoms with Crippen LogP contribution in [0.1, 0.15) is 25.1 Å². The molecule has 8 heteroatoms. The van der Waals surface area contributed by atoms with Gasteiger partial charge in [0.1, 0.15) is 12.2 Å². The minimum Gasteiger partial charge on any atom is -0.383 e. The molecule has 2 fully saturated rings. The molecule has 1 aliphatic carbocycles. The van der Waals surface area contributed by atoms with Crippen LogP contribution in [0, 0.1) is 5.92 Å². The molecule has 0 spiro atoms. The summed E-state index contributed by atoms with van der Waals surface area (Å²) in [7, 11) is 1.67. The fraction of sp³-hybridized carbons (Fsp3) is 0.812. The number of rotatable bonds is 7. The van der Waals surface area contributed by atoms with Crippen LogP contribution in [0.15, 0.2) is 6.33 Å². The third-order valence-corrected chi connectivity index (χ3v) is 4.88. The van der Waals surface area contributed by atoms with Crippen molar-refractivity contribution < 1.29 is 14.3 Å². The topological polar surface area (TPSA) is 90.3 Å². The Morgan fingerprint density at radius 3 is 3.33 bits per heavy atom. The van der Waals surface area contributed by atoms with Crippen molar-refractivity contribution in [3.05, 3.63) is 12.2 Å². The van der Waals surface area contributed by atoms with Gasteiger partial charge in [-0.3, -0.25) is 4.79 Å². The number of hydrogen-bond acceptors (Lipinski definition) is 6. The van der Waals surface area contributed by atoms with E-state index in [-0.39, 0.29) is 17.9 Å². The lowest BCUT2D eigenvalue weighted by atomic mass is 9.82. The van der Waals surface area contributed by atoms with Crippen LogP contribution in [0.3, 0.4) is 0 Å². The van der Waals surface area contributed by atoms with Crippen molar-refractivity contribution in [3.63, 3.8) is 0 Å². The van der Waals surface area contributed by atoms with E-state index in [1.54, 1.807) is 13.4 Å². The van der Waals surface area contributed by atoms with Crippen molar-refractivity contribution in [2.75, 3.05) is 33.4 Å². The van der Waals surface area contributed by atoms with Crippen molar-refractivity contribution in [1.82, 2.24) is 25.4 Å². The molecular weight excluding hydrogens is 310 g/mol. The minimum atomic E-state index is 0.0758. The molecule has 1 saturated carbocycles. The van der Waals surface area contributed by atoms with Gasteiger partial charge in [0.15, 0.2) is 0 Å². The average molecular weight is 337 g/mol. The molecule has 0 radical (unpaired) electrons. The van der Waals surface area contributed by atoms with Gasteiger partial charge in [-0.2, -0.15) is 0 Å². The van der Waals surface area contributed by atoms with E-state index in [0.717, 1.165) is 44.8 Å². The summed E-state index contributed by atoms with van der Waals surface area (Å²) in [5, 5.41) is 14.6. The first-order valence-electron chi connectivity index (χ1n) is 8.76. The predicted octanol–water partition coefficient (Wildman–Crippen LogP) is -0.260. The molecule has 2 N–H and O–H groups in total. The maximum Gasteiger partial charge on any atom is 0.223 e. The van der Waals surface area contributed by atoms with Gasteiger partial charge in [0.05, 0.1) is 19.3 Å². The van der Waals surface area contributed by atoms with Gasteiger partial charge in [0.2, 0.25) is 5.91 Å². The lowest BCUT2D eigenvalue weighted by Crippen LogP contribution is -2.53. The highest BCUT2D eigenvalue weighted by atomic mass is 16.5. The number of methoxy groups -OCH3 is 1. The Bertz CT molecular complexity index is 536. The Morgan fingerprint density at radius 2 is 2.46 bits per heavy atom. The van der Waals surface area contributed by atoms with Crippen molar-refractivity contribution in [2.24, 2.45) is 5.92 Å². The summed E-state index contributed by atoms with van der Waals surface area (Å²) in [4.78, 5) is 12.4. The second-order valence-corrected chi connectivity index (χ2v) is 6.45. The Kier molecular flexibility index (Phi) is 6.17. The fourth-order valence-electron chi connectivity index (χ4n) is 3.54. The molecule has 0 bridgehead atoms. The molecule has 134 valence electrons. The Labute approximate surface area is 142 Å². The van der Waals surface area contributed by atoms with Crippen LogP contribution in [-0.2, 0) is 27.2 Å². The van der Waals surface area contributed by atoms with Gasteiger partial charge in [0, 0.05) is 45.1 Å². The number of carbonyl (C=O) groups excluding carboxylic acids is 1. The summed E-state index contributed by atoms with van der Waals surface area (Å²) in [5.74, 6) is 1.09. The van der Waals surface area contributed by atoms with E-state index < -0.39 is 0 Å². The molecule has 0 aromatic carbocycles. The third-order valence-electron chi connectivity index (χ3n) is 4.88. The highest BCUT2D eigenvalue weighted by Crippen LogP contribution is 2.28. The molecule has 1 saturated heterocycles. The molecule has 8 nitrogen and oxygen atoms in total. The maximum absolute atomic E-state index is 12.4. The molecule has 3 atom stereocenters. The third kappa shape index (κ3) is 4.31. The van der Waals surface area contributed by atoms with Crippen molar-refractivity contribution in [2.45, 2.75) is 44.4 Å². The van der Waals surface area contributed by atoms with E-state index in [0.29, 0.717) is 25.6 Å². The first-order valence-corrected chi connectivity index (χ1v) is 8.76. The van der Waals surface area contributed by atoms with Crippen LogP contribution in [0.2, 0.25) is 0 Å². The number of nitrogens with one attached hydrogen (secondary N) is 2. The van der Waals surface area contributed by atoms with Gasteiger partial charge in [-0.05, 0) is 19.3 Å². The normalized spacial score (nSPS) is 26.8. The molecule has 3 rings (SSSR count). The van der Waals surface area contributed by atoms with Gasteiger partial charge in [-0.15, -0.1) is 10.2 Å². The molecule has 24 heavy (non-hydrogen) atoms. The molecule has 1 aliphatic heterocycles. The predicted molar refractivity (Wildman–Crippen MR) is 87.5 cm³/mol. The molecule has 2 heterocycles. The van der Waals surface area contributed by atoms with Crippen LogP contribution in [0.4, 0.5) is 0 Å².